The van der Waals surface area contributed by atoms with Crippen molar-refractivity contribution in [2.45, 2.75) is 13.0 Å². The zero-order valence-electron chi connectivity index (χ0n) is 12.0. The van der Waals surface area contributed by atoms with E-state index in [0.29, 0.717) is 15.2 Å². The number of carbonyl (C=O) groups excluding carboxylic acids is 2. The van der Waals surface area contributed by atoms with Crippen LogP contribution in [0.25, 0.3) is 0 Å². The largest absolute Gasteiger partial charge is 0.449 e. The molecule has 0 bridgehead atoms. The van der Waals surface area contributed by atoms with Crippen molar-refractivity contribution in [2.75, 3.05) is 5.32 Å². The van der Waals surface area contributed by atoms with Crippen LogP contribution in [0.4, 0.5) is 10.1 Å². The van der Waals surface area contributed by atoms with Gasteiger partial charge in [0.1, 0.15) is 5.82 Å². The third kappa shape index (κ3) is 4.77. The molecule has 0 saturated carbocycles. The molecule has 23 heavy (non-hydrogen) atoms. The molecule has 120 valence electrons. The molecule has 0 aliphatic heterocycles. The van der Waals surface area contributed by atoms with Crippen molar-refractivity contribution >= 4 is 45.1 Å². The molecule has 2 aromatic carbocycles. The maximum Gasteiger partial charge on any atom is 0.340 e. The molecular weight excluding hydrogens is 389 g/mol. The summed E-state index contributed by atoms with van der Waals surface area (Å²) in [6, 6.07) is 10.2. The Morgan fingerprint density at radius 3 is 2.70 bits per heavy atom. The van der Waals surface area contributed by atoms with Crippen LogP contribution < -0.4 is 5.32 Å². The maximum absolute atomic E-state index is 13.2. The second-order valence-electron chi connectivity index (χ2n) is 4.67. The van der Waals surface area contributed by atoms with Crippen molar-refractivity contribution in [1.82, 2.24) is 0 Å². The van der Waals surface area contributed by atoms with Gasteiger partial charge in [-0.3, -0.25) is 4.79 Å². The van der Waals surface area contributed by atoms with E-state index in [0.717, 1.165) is 6.07 Å². The Morgan fingerprint density at radius 2 is 2.00 bits per heavy atom. The number of anilines is 1. The molecule has 1 N–H and O–H groups in total. The van der Waals surface area contributed by atoms with Gasteiger partial charge in [-0.15, -0.1) is 0 Å². The van der Waals surface area contributed by atoms with Crippen LogP contribution in [0.2, 0.25) is 5.02 Å². The van der Waals surface area contributed by atoms with Gasteiger partial charge in [0.25, 0.3) is 5.91 Å². The molecule has 0 fully saturated rings. The molecule has 0 aromatic heterocycles. The fourth-order valence-corrected chi connectivity index (χ4v) is 2.34. The third-order valence-corrected chi connectivity index (χ3v) is 3.82. The van der Waals surface area contributed by atoms with E-state index in [9.17, 15) is 14.0 Å². The summed E-state index contributed by atoms with van der Waals surface area (Å²) in [6.45, 7) is 1.42. The third-order valence-electron chi connectivity index (χ3n) is 2.89. The lowest BCUT2D eigenvalue weighted by molar-refractivity contribution is -0.123. The van der Waals surface area contributed by atoms with Crippen LogP contribution in [0.1, 0.15) is 17.3 Å². The minimum atomic E-state index is -1.06. The standard InChI is InChI=1S/C16H12BrClFNO3/c1-9(15(21)20-12-4-2-3-10(18)7-12)23-16(22)13-8-11(19)5-6-14(13)17/h2-9H,1H3,(H,20,21)/t9-/m0/s1. The summed E-state index contributed by atoms with van der Waals surface area (Å²) in [6.07, 6.45) is -1.06. The summed E-state index contributed by atoms with van der Waals surface area (Å²) < 4.78 is 18.6. The van der Waals surface area contributed by atoms with Gasteiger partial charge in [-0.25, -0.2) is 9.18 Å². The van der Waals surface area contributed by atoms with E-state index in [2.05, 4.69) is 21.2 Å². The van der Waals surface area contributed by atoms with Crippen molar-refractivity contribution in [3.8, 4) is 0 Å². The molecule has 0 heterocycles. The number of esters is 1. The SMILES string of the molecule is C[C@H](OC(=O)c1cc(F)ccc1Br)C(=O)Nc1cccc(Cl)c1. The molecule has 0 radical (unpaired) electrons. The maximum atomic E-state index is 13.2. The van der Waals surface area contributed by atoms with Gasteiger partial charge in [-0.2, -0.15) is 0 Å². The average molecular weight is 401 g/mol. The van der Waals surface area contributed by atoms with Crippen molar-refractivity contribution < 1.29 is 18.7 Å². The predicted molar refractivity (Wildman–Crippen MR) is 89.1 cm³/mol. The molecule has 0 aliphatic rings. The Morgan fingerprint density at radius 1 is 1.26 bits per heavy atom. The molecule has 2 aromatic rings. The van der Waals surface area contributed by atoms with Crippen LogP contribution in [0, 0.1) is 5.82 Å². The van der Waals surface area contributed by atoms with Crippen LogP contribution in [-0.4, -0.2) is 18.0 Å². The van der Waals surface area contributed by atoms with E-state index in [1.54, 1.807) is 24.3 Å². The highest BCUT2D eigenvalue weighted by molar-refractivity contribution is 9.10. The van der Waals surface area contributed by atoms with Crippen LogP contribution in [0.15, 0.2) is 46.9 Å². The zero-order valence-corrected chi connectivity index (χ0v) is 14.3. The van der Waals surface area contributed by atoms with Gasteiger partial charge in [0, 0.05) is 15.2 Å². The first-order chi connectivity index (χ1) is 10.9. The van der Waals surface area contributed by atoms with E-state index >= 15 is 0 Å². The minimum absolute atomic E-state index is 0.00686. The predicted octanol–water partition coefficient (Wildman–Crippen LogP) is 4.43. The van der Waals surface area contributed by atoms with Crippen molar-refractivity contribution in [3.63, 3.8) is 0 Å². The van der Waals surface area contributed by atoms with Crippen LogP contribution in [0.5, 0.6) is 0 Å². The highest BCUT2D eigenvalue weighted by atomic mass is 79.9. The Hall–Kier alpha value is -1.92. The molecule has 0 spiro atoms. The lowest BCUT2D eigenvalue weighted by Gasteiger charge is -2.14. The average Bonchev–Trinajstić information content (AvgIpc) is 2.49. The van der Waals surface area contributed by atoms with Crippen molar-refractivity contribution in [2.24, 2.45) is 0 Å². The van der Waals surface area contributed by atoms with Gasteiger partial charge in [-0.05, 0) is 59.3 Å². The molecular formula is C16H12BrClFNO3. The molecule has 1 atom stereocenters. The number of halogens is 3. The van der Waals surface area contributed by atoms with E-state index in [-0.39, 0.29) is 5.56 Å². The topological polar surface area (TPSA) is 55.4 Å². The lowest BCUT2D eigenvalue weighted by atomic mass is 10.2. The fraction of sp³-hybridized carbons (Fsp3) is 0.125. The number of rotatable bonds is 4. The second-order valence-corrected chi connectivity index (χ2v) is 5.96. The lowest BCUT2D eigenvalue weighted by Crippen LogP contribution is -2.30. The summed E-state index contributed by atoms with van der Waals surface area (Å²) in [4.78, 5) is 24.0. The highest BCUT2D eigenvalue weighted by Crippen LogP contribution is 2.20. The summed E-state index contributed by atoms with van der Waals surface area (Å²) in [5.74, 6) is -1.89. The van der Waals surface area contributed by atoms with Crippen LogP contribution in [-0.2, 0) is 9.53 Å². The summed E-state index contributed by atoms with van der Waals surface area (Å²) >= 11 is 8.96. The molecule has 4 nitrogen and oxygen atoms in total. The minimum Gasteiger partial charge on any atom is -0.449 e. The zero-order chi connectivity index (χ0) is 17.0. The Labute approximate surface area is 145 Å². The number of ether oxygens (including phenoxy) is 1. The van der Waals surface area contributed by atoms with Crippen molar-refractivity contribution in [1.29, 1.82) is 0 Å². The first kappa shape index (κ1) is 17.4. The molecule has 7 heteroatoms. The second kappa shape index (κ2) is 7.57. The van der Waals surface area contributed by atoms with Gasteiger partial charge in [0.2, 0.25) is 0 Å². The Kier molecular flexibility index (Phi) is 5.74. The smallest absolute Gasteiger partial charge is 0.340 e. The molecule has 1 amide bonds. The van der Waals surface area contributed by atoms with Gasteiger partial charge < -0.3 is 10.1 Å². The first-order valence-corrected chi connectivity index (χ1v) is 7.76. The number of nitrogens with one attached hydrogen (secondary N) is 1. The van der Waals surface area contributed by atoms with Gasteiger partial charge >= 0.3 is 5.97 Å². The van der Waals surface area contributed by atoms with E-state index in [1.807, 2.05) is 0 Å². The number of benzene rings is 2. The van der Waals surface area contributed by atoms with Crippen LogP contribution in [0.3, 0.4) is 0 Å². The van der Waals surface area contributed by atoms with Gasteiger partial charge in [0.15, 0.2) is 6.10 Å². The van der Waals surface area contributed by atoms with Crippen LogP contribution >= 0.6 is 27.5 Å². The normalized spacial score (nSPS) is 11.7. The first-order valence-electron chi connectivity index (χ1n) is 6.59. The number of hydrogen-bond donors (Lipinski definition) is 1. The Bertz CT molecular complexity index is 754. The van der Waals surface area contributed by atoms with Gasteiger partial charge in [-0.1, -0.05) is 17.7 Å². The molecule has 2 rings (SSSR count). The summed E-state index contributed by atoms with van der Waals surface area (Å²) in [5.41, 5.74) is 0.491. The fourth-order valence-electron chi connectivity index (χ4n) is 1.74. The van der Waals surface area contributed by atoms with E-state index in [1.165, 1.54) is 19.1 Å². The molecule has 0 aliphatic carbocycles. The quantitative estimate of drug-likeness (QED) is 0.773. The summed E-state index contributed by atoms with van der Waals surface area (Å²) in [5, 5.41) is 3.05. The monoisotopic (exact) mass is 399 g/mol. The highest BCUT2D eigenvalue weighted by Gasteiger charge is 2.21. The van der Waals surface area contributed by atoms with Crippen molar-refractivity contribution in [3.05, 3.63) is 63.3 Å². The Balaban J connectivity index is 2.03. The van der Waals surface area contributed by atoms with E-state index in [4.69, 9.17) is 16.3 Å². The summed E-state index contributed by atoms with van der Waals surface area (Å²) in [7, 11) is 0. The molecule has 0 saturated heterocycles. The van der Waals surface area contributed by atoms with Gasteiger partial charge in [0.05, 0.1) is 5.56 Å². The number of amides is 1. The molecule has 0 unspecified atom stereocenters. The number of hydrogen-bond acceptors (Lipinski definition) is 3. The van der Waals surface area contributed by atoms with E-state index < -0.39 is 23.8 Å². The number of carbonyl (C=O) groups is 2.